The Hall–Kier alpha value is -1.000. The van der Waals surface area contributed by atoms with Crippen molar-refractivity contribution in [1.29, 1.82) is 0 Å². The lowest BCUT2D eigenvalue weighted by atomic mass is 10.0. The second-order valence-electron chi connectivity index (χ2n) is 5.21. The predicted molar refractivity (Wildman–Crippen MR) is 74.4 cm³/mol. The van der Waals surface area contributed by atoms with Gasteiger partial charge in [0.25, 0.3) is 0 Å². The van der Waals surface area contributed by atoms with Crippen molar-refractivity contribution in [3.8, 4) is 0 Å². The summed E-state index contributed by atoms with van der Waals surface area (Å²) >= 11 is 1.55. The molecule has 1 fully saturated rings. The summed E-state index contributed by atoms with van der Waals surface area (Å²) in [6.07, 6.45) is 0. The number of hydrogen-bond donors (Lipinski definition) is 1. The summed E-state index contributed by atoms with van der Waals surface area (Å²) in [6.45, 7) is 4.86. The minimum atomic E-state index is -0.750. The van der Waals surface area contributed by atoms with Crippen LogP contribution in [0.2, 0.25) is 0 Å². The van der Waals surface area contributed by atoms with Crippen LogP contribution < -0.4 is 0 Å². The van der Waals surface area contributed by atoms with Crippen LogP contribution in [0.4, 0.5) is 0 Å². The van der Waals surface area contributed by atoms with E-state index in [-0.39, 0.29) is 11.2 Å². The third-order valence-electron chi connectivity index (χ3n) is 3.15. The van der Waals surface area contributed by atoms with E-state index in [0.717, 1.165) is 5.56 Å². The molecule has 1 saturated heterocycles. The minimum Gasteiger partial charge on any atom is -0.389 e. The van der Waals surface area contributed by atoms with Crippen LogP contribution in [0.25, 0.3) is 0 Å². The largest absolute Gasteiger partial charge is 0.389 e. The molecule has 1 amide bonds. The second kappa shape index (κ2) is 5.33. The molecule has 2 rings (SSSR count). The van der Waals surface area contributed by atoms with Gasteiger partial charge in [0.05, 0.1) is 16.6 Å². The van der Waals surface area contributed by atoms with E-state index in [1.54, 1.807) is 25.6 Å². The van der Waals surface area contributed by atoms with Gasteiger partial charge in [-0.25, -0.2) is 0 Å². The van der Waals surface area contributed by atoms with Gasteiger partial charge in [0.15, 0.2) is 0 Å². The molecule has 1 heterocycles. The highest BCUT2D eigenvalue weighted by molar-refractivity contribution is 8.00. The van der Waals surface area contributed by atoms with Crippen molar-refractivity contribution in [2.75, 3.05) is 12.3 Å². The van der Waals surface area contributed by atoms with Crippen LogP contribution >= 0.6 is 11.8 Å². The van der Waals surface area contributed by atoms with Gasteiger partial charge in [-0.05, 0) is 19.4 Å². The molecule has 1 unspecified atom stereocenters. The smallest absolute Gasteiger partial charge is 0.232 e. The monoisotopic (exact) mass is 265 g/mol. The fraction of sp³-hybridized carbons (Fsp3) is 0.500. The topological polar surface area (TPSA) is 40.5 Å². The third kappa shape index (κ3) is 3.27. The van der Waals surface area contributed by atoms with E-state index < -0.39 is 5.60 Å². The second-order valence-corrected chi connectivity index (χ2v) is 6.40. The van der Waals surface area contributed by atoms with Gasteiger partial charge in [-0.1, -0.05) is 30.3 Å². The first-order chi connectivity index (χ1) is 8.47. The Morgan fingerprint density at radius 2 is 2.06 bits per heavy atom. The molecule has 0 bridgehead atoms. The van der Waals surface area contributed by atoms with E-state index >= 15 is 0 Å². The maximum atomic E-state index is 11.9. The van der Waals surface area contributed by atoms with Crippen LogP contribution in [0.15, 0.2) is 30.3 Å². The number of carbonyl (C=O) groups is 1. The maximum absolute atomic E-state index is 11.9. The Morgan fingerprint density at radius 1 is 1.39 bits per heavy atom. The molecule has 1 aromatic carbocycles. The zero-order chi connectivity index (χ0) is 13.2. The van der Waals surface area contributed by atoms with Gasteiger partial charge < -0.3 is 10.0 Å². The molecule has 0 saturated carbocycles. The first-order valence-electron chi connectivity index (χ1n) is 6.12. The van der Waals surface area contributed by atoms with Crippen LogP contribution in [0.3, 0.4) is 0 Å². The summed E-state index contributed by atoms with van der Waals surface area (Å²) in [5, 5.41) is 10.1. The van der Waals surface area contributed by atoms with Crippen molar-refractivity contribution in [3.05, 3.63) is 35.9 Å². The van der Waals surface area contributed by atoms with Gasteiger partial charge in [-0.2, -0.15) is 0 Å². The average Bonchev–Trinajstić information content (AvgIpc) is 2.32. The lowest BCUT2D eigenvalue weighted by Gasteiger charge is -2.38. The lowest BCUT2D eigenvalue weighted by Crippen LogP contribution is -2.49. The summed E-state index contributed by atoms with van der Waals surface area (Å²) in [4.78, 5) is 13.7. The van der Waals surface area contributed by atoms with Gasteiger partial charge in [-0.3, -0.25) is 4.79 Å². The zero-order valence-corrected chi connectivity index (χ0v) is 11.6. The van der Waals surface area contributed by atoms with Crippen molar-refractivity contribution in [2.24, 2.45) is 0 Å². The van der Waals surface area contributed by atoms with Gasteiger partial charge in [0.2, 0.25) is 5.91 Å². The SMILES string of the molecule is CC(C)(O)C1CN(Cc2ccccc2)C(=O)CS1. The van der Waals surface area contributed by atoms with E-state index in [1.165, 1.54) is 0 Å². The predicted octanol–water partition coefficient (Wildman–Crippen LogP) is 1.90. The highest BCUT2D eigenvalue weighted by atomic mass is 32.2. The highest BCUT2D eigenvalue weighted by Gasteiger charge is 2.35. The Morgan fingerprint density at radius 3 is 2.67 bits per heavy atom. The van der Waals surface area contributed by atoms with E-state index in [0.29, 0.717) is 18.8 Å². The van der Waals surface area contributed by atoms with Gasteiger partial charge in [0.1, 0.15) is 0 Å². The number of aliphatic hydroxyl groups is 1. The molecule has 3 nitrogen and oxygen atoms in total. The van der Waals surface area contributed by atoms with E-state index in [2.05, 4.69) is 0 Å². The van der Waals surface area contributed by atoms with Crippen LogP contribution in [0, 0.1) is 0 Å². The molecule has 18 heavy (non-hydrogen) atoms. The van der Waals surface area contributed by atoms with Crippen LogP contribution in [0.5, 0.6) is 0 Å². The number of amides is 1. The Kier molecular flexibility index (Phi) is 3.97. The molecule has 4 heteroatoms. The molecule has 1 aliphatic rings. The molecule has 1 aliphatic heterocycles. The fourth-order valence-electron chi connectivity index (χ4n) is 2.00. The van der Waals surface area contributed by atoms with Crippen molar-refractivity contribution in [2.45, 2.75) is 31.2 Å². The normalized spacial score (nSPS) is 21.2. The number of benzene rings is 1. The van der Waals surface area contributed by atoms with Gasteiger partial charge in [0, 0.05) is 13.1 Å². The van der Waals surface area contributed by atoms with E-state index in [4.69, 9.17) is 0 Å². The molecular formula is C14H19NO2S. The molecular weight excluding hydrogens is 246 g/mol. The Bertz CT molecular complexity index is 414. The van der Waals surface area contributed by atoms with Crippen LogP contribution in [-0.2, 0) is 11.3 Å². The number of rotatable bonds is 3. The third-order valence-corrected chi connectivity index (χ3v) is 4.69. The molecule has 0 radical (unpaired) electrons. The van der Waals surface area contributed by atoms with E-state index in [1.807, 2.05) is 35.2 Å². The molecule has 1 atom stereocenters. The molecule has 1 N–H and O–H groups in total. The molecule has 0 spiro atoms. The summed E-state index contributed by atoms with van der Waals surface area (Å²) in [6, 6.07) is 9.97. The summed E-state index contributed by atoms with van der Waals surface area (Å²) in [5.41, 5.74) is 0.382. The molecule has 0 aromatic heterocycles. The number of carbonyl (C=O) groups excluding carboxylic acids is 1. The lowest BCUT2D eigenvalue weighted by molar-refractivity contribution is -0.130. The Balaban J connectivity index is 2.05. The fourth-order valence-corrected chi connectivity index (χ4v) is 3.22. The van der Waals surface area contributed by atoms with Crippen molar-refractivity contribution in [1.82, 2.24) is 4.90 Å². The summed E-state index contributed by atoms with van der Waals surface area (Å²) in [5.74, 6) is 0.617. The standard InChI is InChI=1S/C14H19NO2S/c1-14(2,17)12-9-15(13(16)10-18-12)8-11-6-4-3-5-7-11/h3-7,12,17H,8-10H2,1-2H3. The number of hydrogen-bond acceptors (Lipinski definition) is 3. The quantitative estimate of drug-likeness (QED) is 0.907. The van der Waals surface area contributed by atoms with Crippen LogP contribution in [-0.4, -0.2) is 39.1 Å². The average molecular weight is 265 g/mol. The molecule has 98 valence electrons. The zero-order valence-electron chi connectivity index (χ0n) is 10.8. The van der Waals surface area contributed by atoms with E-state index in [9.17, 15) is 9.90 Å². The van der Waals surface area contributed by atoms with Gasteiger partial charge >= 0.3 is 0 Å². The maximum Gasteiger partial charge on any atom is 0.232 e. The summed E-state index contributed by atoms with van der Waals surface area (Å²) < 4.78 is 0. The highest BCUT2D eigenvalue weighted by Crippen LogP contribution is 2.29. The minimum absolute atomic E-state index is 0.0823. The Labute approximate surface area is 112 Å². The molecule has 0 aliphatic carbocycles. The number of thioether (sulfide) groups is 1. The van der Waals surface area contributed by atoms with Crippen molar-refractivity contribution >= 4 is 17.7 Å². The number of nitrogens with zero attached hydrogens (tertiary/aromatic N) is 1. The van der Waals surface area contributed by atoms with Crippen molar-refractivity contribution < 1.29 is 9.90 Å². The molecule has 1 aromatic rings. The first kappa shape index (κ1) is 13.4. The van der Waals surface area contributed by atoms with Crippen LogP contribution in [0.1, 0.15) is 19.4 Å². The first-order valence-corrected chi connectivity index (χ1v) is 7.17. The van der Waals surface area contributed by atoms with Crippen molar-refractivity contribution in [3.63, 3.8) is 0 Å². The summed E-state index contributed by atoms with van der Waals surface area (Å²) in [7, 11) is 0. The van der Waals surface area contributed by atoms with Gasteiger partial charge in [-0.15, -0.1) is 11.8 Å².